The molecule has 112 valence electrons. The van der Waals surface area contributed by atoms with Crippen molar-refractivity contribution >= 4 is 21.6 Å². The summed E-state index contributed by atoms with van der Waals surface area (Å²) in [5, 5.41) is 9.79. The molecular weight excluding hydrogens is 350 g/mol. The average Bonchev–Trinajstić information content (AvgIpc) is 2.91. The number of benzene rings is 1. The smallest absolute Gasteiger partial charge is 0.170 e. The van der Waals surface area contributed by atoms with Gasteiger partial charge in [0.05, 0.1) is 24.2 Å². The van der Waals surface area contributed by atoms with Gasteiger partial charge in [-0.25, -0.2) is 9.97 Å². The maximum absolute atomic E-state index is 9.79. The van der Waals surface area contributed by atoms with Crippen molar-refractivity contribution in [2.24, 2.45) is 0 Å². The first-order valence-corrected chi connectivity index (χ1v) is 7.59. The van der Waals surface area contributed by atoms with E-state index in [0.29, 0.717) is 46.4 Å². The number of aromatic nitrogens is 3. The van der Waals surface area contributed by atoms with E-state index >= 15 is 0 Å². The Kier molecular flexibility index (Phi) is 3.24. The lowest BCUT2D eigenvalue weighted by molar-refractivity contribution is 0.172. The fourth-order valence-corrected chi connectivity index (χ4v) is 2.91. The minimum absolute atomic E-state index is 0.141. The van der Waals surface area contributed by atoms with Crippen LogP contribution in [0.2, 0.25) is 0 Å². The number of halogens is 1. The van der Waals surface area contributed by atoms with Crippen molar-refractivity contribution in [1.29, 1.82) is 0 Å². The van der Waals surface area contributed by atoms with Gasteiger partial charge in [0.1, 0.15) is 17.8 Å². The first-order valence-electron chi connectivity index (χ1n) is 6.80. The standard InChI is InChI=1S/C15H12BrN3O3/c16-12-7-19-10(8-20)14(18-13(19)6-17-12)9-2-1-3-11-15(9)22-5-4-21-11/h1-3,6-7,20H,4-5,8H2. The number of rotatable bonds is 2. The Morgan fingerprint density at radius 1 is 1.27 bits per heavy atom. The van der Waals surface area contributed by atoms with Crippen LogP contribution in [-0.4, -0.2) is 32.7 Å². The van der Waals surface area contributed by atoms with E-state index in [1.54, 1.807) is 12.4 Å². The molecule has 3 aromatic rings. The summed E-state index contributed by atoms with van der Waals surface area (Å²) >= 11 is 3.34. The van der Waals surface area contributed by atoms with Crippen molar-refractivity contribution in [1.82, 2.24) is 14.4 Å². The number of nitrogens with zero attached hydrogens (tertiary/aromatic N) is 3. The Balaban J connectivity index is 1.98. The number of fused-ring (bicyclic) bond motifs is 2. The van der Waals surface area contributed by atoms with Crippen LogP contribution in [0, 0.1) is 0 Å². The summed E-state index contributed by atoms with van der Waals surface area (Å²) in [6.07, 6.45) is 3.43. The van der Waals surface area contributed by atoms with Crippen molar-refractivity contribution < 1.29 is 14.6 Å². The van der Waals surface area contributed by atoms with Gasteiger partial charge >= 0.3 is 0 Å². The number of aliphatic hydroxyl groups is 1. The summed E-state index contributed by atoms with van der Waals surface area (Å²) in [6, 6.07) is 5.67. The highest BCUT2D eigenvalue weighted by Gasteiger charge is 2.22. The quantitative estimate of drug-likeness (QED) is 0.758. The van der Waals surface area contributed by atoms with Crippen LogP contribution in [0.4, 0.5) is 0 Å². The van der Waals surface area contributed by atoms with Gasteiger partial charge in [0.15, 0.2) is 17.1 Å². The largest absolute Gasteiger partial charge is 0.486 e. The molecule has 3 heterocycles. The molecule has 0 aliphatic carbocycles. The molecule has 6 nitrogen and oxygen atoms in total. The fourth-order valence-electron chi connectivity index (χ4n) is 2.61. The highest BCUT2D eigenvalue weighted by Crippen LogP contribution is 2.40. The van der Waals surface area contributed by atoms with E-state index in [1.807, 2.05) is 22.6 Å². The average molecular weight is 362 g/mol. The second-order valence-electron chi connectivity index (χ2n) is 4.83. The van der Waals surface area contributed by atoms with E-state index in [4.69, 9.17) is 9.47 Å². The minimum atomic E-state index is -0.141. The molecular formula is C15H12BrN3O3. The van der Waals surface area contributed by atoms with E-state index in [2.05, 4.69) is 25.9 Å². The molecule has 4 rings (SSSR count). The number of aliphatic hydroxyl groups excluding tert-OH is 1. The summed E-state index contributed by atoms with van der Waals surface area (Å²) in [6.45, 7) is 0.891. The van der Waals surface area contributed by atoms with Gasteiger partial charge in [-0.15, -0.1) is 0 Å². The van der Waals surface area contributed by atoms with Crippen molar-refractivity contribution in [2.45, 2.75) is 6.61 Å². The normalized spacial score (nSPS) is 13.5. The van der Waals surface area contributed by atoms with Crippen LogP contribution >= 0.6 is 15.9 Å². The monoisotopic (exact) mass is 361 g/mol. The molecule has 0 saturated heterocycles. The first kappa shape index (κ1) is 13.5. The van der Waals surface area contributed by atoms with E-state index < -0.39 is 0 Å². The molecule has 22 heavy (non-hydrogen) atoms. The Hall–Kier alpha value is -2.12. The molecule has 0 saturated carbocycles. The molecule has 0 fully saturated rings. The Morgan fingerprint density at radius 2 is 2.14 bits per heavy atom. The van der Waals surface area contributed by atoms with Crippen LogP contribution in [-0.2, 0) is 6.61 Å². The third kappa shape index (κ3) is 2.05. The van der Waals surface area contributed by atoms with Gasteiger partial charge < -0.3 is 14.6 Å². The molecule has 0 unspecified atom stereocenters. The van der Waals surface area contributed by atoms with Gasteiger partial charge in [0, 0.05) is 11.8 Å². The Labute approximate surface area is 134 Å². The second kappa shape index (κ2) is 5.26. The number of ether oxygens (including phenoxy) is 2. The van der Waals surface area contributed by atoms with E-state index in [9.17, 15) is 5.11 Å². The molecule has 1 aliphatic rings. The number of para-hydroxylation sites is 1. The topological polar surface area (TPSA) is 68.9 Å². The summed E-state index contributed by atoms with van der Waals surface area (Å²) in [4.78, 5) is 8.76. The van der Waals surface area contributed by atoms with Crippen molar-refractivity contribution in [2.75, 3.05) is 13.2 Å². The molecule has 7 heteroatoms. The van der Waals surface area contributed by atoms with Gasteiger partial charge in [-0.2, -0.15) is 0 Å². The van der Waals surface area contributed by atoms with Gasteiger partial charge in [0.2, 0.25) is 0 Å². The second-order valence-corrected chi connectivity index (χ2v) is 5.65. The number of imidazole rings is 1. The molecule has 0 atom stereocenters. The van der Waals surface area contributed by atoms with Gasteiger partial charge in [-0.1, -0.05) is 6.07 Å². The maximum atomic E-state index is 9.79. The summed E-state index contributed by atoms with van der Waals surface area (Å²) in [7, 11) is 0. The summed E-state index contributed by atoms with van der Waals surface area (Å²) in [5.74, 6) is 1.36. The fraction of sp³-hybridized carbons (Fsp3) is 0.200. The zero-order valence-corrected chi connectivity index (χ0v) is 13.1. The molecule has 1 N–H and O–H groups in total. The molecule has 1 aromatic carbocycles. The Bertz CT molecular complexity index is 863. The molecule has 0 radical (unpaired) electrons. The molecule has 2 aromatic heterocycles. The zero-order chi connectivity index (χ0) is 15.1. The predicted molar refractivity (Wildman–Crippen MR) is 83.0 cm³/mol. The molecule has 0 bridgehead atoms. The van der Waals surface area contributed by atoms with Crippen LogP contribution < -0.4 is 9.47 Å². The Morgan fingerprint density at radius 3 is 3.00 bits per heavy atom. The van der Waals surface area contributed by atoms with Crippen molar-refractivity contribution in [3.8, 4) is 22.8 Å². The molecule has 1 aliphatic heterocycles. The van der Waals surface area contributed by atoms with Gasteiger partial charge in [-0.05, 0) is 28.1 Å². The highest BCUT2D eigenvalue weighted by molar-refractivity contribution is 9.10. The van der Waals surface area contributed by atoms with Crippen molar-refractivity contribution in [3.05, 3.63) is 40.9 Å². The first-order chi connectivity index (χ1) is 10.8. The SMILES string of the molecule is OCc1c(-c2cccc3c2OCCO3)nc2cnc(Br)cn12. The van der Waals surface area contributed by atoms with Crippen molar-refractivity contribution in [3.63, 3.8) is 0 Å². The number of hydrogen-bond donors (Lipinski definition) is 1. The summed E-state index contributed by atoms with van der Waals surface area (Å²) < 4.78 is 13.8. The van der Waals surface area contributed by atoms with Crippen LogP contribution in [0.1, 0.15) is 5.69 Å². The lowest BCUT2D eigenvalue weighted by Crippen LogP contribution is -2.16. The van der Waals surface area contributed by atoms with Crippen LogP contribution in [0.25, 0.3) is 16.9 Å². The maximum Gasteiger partial charge on any atom is 0.170 e. The van der Waals surface area contributed by atoms with E-state index in [0.717, 1.165) is 5.56 Å². The van der Waals surface area contributed by atoms with E-state index in [1.165, 1.54) is 0 Å². The molecule has 0 amide bonds. The van der Waals surface area contributed by atoms with Crippen LogP contribution in [0.3, 0.4) is 0 Å². The van der Waals surface area contributed by atoms with Crippen LogP contribution in [0.5, 0.6) is 11.5 Å². The highest BCUT2D eigenvalue weighted by atomic mass is 79.9. The van der Waals surface area contributed by atoms with E-state index in [-0.39, 0.29) is 6.61 Å². The van der Waals surface area contributed by atoms with Gasteiger partial charge in [0.25, 0.3) is 0 Å². The third-order valence-corrected chi connectivity index (χ3v) is 3.96. The minimum Gasteiger partial charge on any atom is -0.486 e. The summed E-state index contributed by atoms with van der Waals surface area (Å²) in [5.41, 5.74) is 2.82. The lowest BCUT2D eigenvalue weighted by Gasteiger charge is -2.20. The van der Waals surface area contributed by atoms with Gasteiger partial charge in [-0.3, -0.25) is 4.40 Å². The zero-order valence-electron chi connectivity index (χ0n) is 11.5. The lowest BCUT2D eigenvalue weighted by atomic mass is 10.1. The van der Waals surface area contributed by atoms with Crippen LogP contribution in [0.15, 0.2) is 35.2 Å². The number of hydrogen-bond acceptors (Lipinski definition) is 5. The predicted octanol–water partition coefficient (Wildman–Crippen LogP) is 2.42. The third-order valence-electron chi connectivity index (χ3n) is 3.55. The molecule has 0 spiro atoms.